The number of anilines is 1. The largest absolute Gasteiger partial charge is 0.497 e. The van der Waals surface area contributed by atoms with Crippen molar-refractivity contribution in [1.29, 1.82) is 0 Å². The first-order valence-electron chi connectivity index (χ1n) is 12.9. The molecule has 0 saturated heterocycles. The fourth-order valence-corrected chi connectivity index (χ4v) is 6.31. The number of nitrogens with one attached hydrogen (secondary N) is 1. The number of allylic oxidation sites excluding steroid dienone is 1. The fraction of sp³-hybridized carbons (Fsp3) is 0.194. The number of fused-ring (bicyclic) bond motifs is 1. The number of carbonyl (C=O) groups is 1. The van der Waals surface area contributed by atoms with Crippen LogP contribution in [-0.2, 0) is 4.79 Å². The smallest absolute Gasteiger partial charge is 0.271 e. The molecule has 0 fully saturated rings. The Labute approximate surface area is 249 Å². The summed E-state index contributed by atoms with van der Waals surface area (Å²) >= 11 is 4.82. The first kappa shape index (κ1) is 28.4. The molecule has 0 spiro atoms. The van der Waals surface area contributed by atoms with E-state index >= 15 is 0 Å². The van der Waals surface area contributed by atoms with Gasteiger partial charge in [-0.3, -0.25) is 14.2 Å². The standard InChI is InChI=1S/C31H28BrN3O5S/c1-5-40-28-23(32)15-19(16-24(28)39-4)17-25-30(37)35-27(20-11-13-22(38-3)14-12-20)26(18(2)33-31(35)41-25)29(36)34-21-9-7-6-8-10-21/h6-17,27H,5H2,1-4H3,(H,34,36)/b25-17+/t27-/m1/s1. The summed E-state index contributed by atoms with van der Waals surface area (Å²) in [4.78, 5) is 32.9. The molecule has 4 aromatic rings. The van der Waals surface area contributed by atoms with Crippen molar-refractivity contribution in [3.05, 3.63) is 113 Å². The van der Waals surface area contributed by atoms with Crippen molar-refractivity contribution in [2.75, 3.05) is 26.1 Å². The Morgan fingerprint density at radius 2 is 1.83 bits per heavy atom. The summed E-state index contributed by atoms with van der Waals surface area (Å²) in [7, 11) is 3.16. The average Bonchev–Trinajstić information content (AvgIpc) is 3.27. The van der Waals surface area contributed by atoms with Crippen molar-refractivity contribution >= 4 is 44.9 Å². The van der Waals surface area contributed by atoms with Gasteiger partial charge in [-0.15, -0.1) is 0 Å². The monoisotopic (exact) mass is 633 g/mol. The van der Waals surface area contributed by atoms with Crippen LogP contribution in [0.1, 0.15) is 31.0 Å². The zero-order chi connectivity index (χ0) is 29.1. The molecule has 8 nitrogen and oxygen atoms in total. The molecule has 5 rings (SSSR count). The highest BCUT2D eigenvalue weighted by atomic mass is 79.9. The zero-order valence-corrected chi connectivity index (χ0v) is 25.3. The number of hydrogen-bond donors (Lipinski definition) is 1. The molecule has 1 aromatic heterocycles. The number of hydrogen-bond acceptors (Lipinski definition) is 7. The summed E-state index contributed by atoms with van der Waals surface area (Å²) in [5.74, 6) is 1.49. The highest BCUT2D eigenvalue weighted by Crippen LogP contribution is 2.37. The van der Waals surface area contributed by atoms with Gasteiger partial charge in [0.15, 0.2) is 16.3 Å². The van der Waals surface area contributed by atoms with Crippen LogP contribution in [0, 0.1) is 0 Å². The molecule has 3 aromatic carbocycles. The van der Waals surface area contributed by atoms with Gasteiger partial charge in [0.1, 0.15) is 5.75 Å². The molecule has 210 valence electrons. The molecule has 1 aliphatic heterocycles. The van der Waals surface area contributed by atoms with Gasteiger partial charge < -0.3 is 19.5 Å². The molecule has 2 heterocycles. The number of aromatic nitrogens is 1. The van der Waals surface area contributed by atoms with E-state index in [0.29, 0.717) is 54.6 Å². The Bertz CT molecular complexity index is 1810. The molecule has 0 bridgehead atoms. The van der Waals surface area contributed by atoms with E-state index < -0.39 is 6.04 Å². The van der Waals surface area contributed by atoms with Gasteiger partial charge in [-0.05, 0) is 83.4 Å². The van der Waals surface area contributed by atoms with Crippen LogP contribution in [0.4, 0.5) is 5.69 Å². The zero-order valence-electron chi connectivity index (χ0n) is 22.9. The predicted octanol–water partition coefficient (Wildman–Crippen LogP) is 5.05. The van der Waals surface area contributed by atoms with Crippen LogP contribution in [0.25, 0.3) is 6.08 Å². The van der Waals surface area contributed by atoms with Gasteiger partial charge >= 0.3 is 0 Å². The Morgan fingerprint density at radius 1 is 1.10 bits per heavy atom. The van der Waals surface area contributed by atoms with E-state index in [0.717, 1.165) is 11.1 Å². The molecule has 0 unspecified atom stereocenters. The van der Waals surface area contributed by atoms with Crippen molar-refractivity contribution in [3.63, 3.8) is 0 Å². The number of ether oxygens (including phenoxy) is 3. The highest BCUT2D eigenvalue weighted by Gasteiger charge is 2.32. The maximum Gasteiger partial charge on any atom is 0.271 e. The number of methoxy groups -OCH3 is 2. The van der Waals surface area contributed by atoms with Crippen LogP contribution in [0.5, 0.6) is 17.2 Å². The number of benzene rings is 3. The number of amides is 1. The van der Waals surface area contributed by atoms with E-state index in [4.69, 9.17) is 19.2 Å². The molecule has 10 heteroatoms. The van der Waals surface area contributed by atoms with Crippen LogP contribution >= 0.6 is 27.3 Å². The Kier molecular flexibility index (Phi) is 8.41. The van der Waals surface area contributed by atoms with E-state index in [-0.39, 0.29) is 11.5 Å². The first-order chi connectivity index (χ1) is 19.8. The van der Waals surface area contributed by atoms with Crippen LogP contribution < -0.4 is 34.4 Å². The van der Waals surface area contributed by atoms with Crippen LogP contribution in [0.2, 0.25) is 0 Å². The molecule has 0 aliphatic carbocycles. The number of rotatable bonds is 8. The molecular weight excluding hydrogens is 606 g/mol. The van der Waals surface area contributed by atoms with E-state index in [1.54, 1.807) is 31.8 Å². The van der Waals surface area contributed by atoms with Crippen molar-refractivity contribution < 1.29 is 19.0 Å². The minimum Gasteiger partial charge on any atom is -0.497 e. The van der Waals surface area contributed by atoms with Crippen LogP contribution in [-0.4, -0.2) is 31.3 Å². The number of thiazole rings is 1. The number of para-hydroxylation sites is 1. The average molecular weight is 635 g/mol. The Hall–Kier alpha value is -4.15. The molecule has 1 atom stereocenters. The second kappa shape index (κ2) is 12.2. The van der Waals surface area contributed by atoms with E-state index in [2.05, 4.69) is 21.2 Å². The third kappa shape index (κ3) is 5.71. The van der Waals surface area contributed by atoms with Crippen molar-refractivity contribution in [1.82, 2.24) is 4.57 Å². The number of carbonyl (C=O) groups excluding carboxylic acids is 1. The third-order valence-corrected chi connectivity index (χ3v) is 8.14. The maximum absolute atomic E-state index is 14.0. The Balaban J connectivity index is 1.66. The molecule has 0 radical (unpaired) electrons. The molecule has 0 saturated carbocycles. The second-order valence-electron chi connectivity index (χ2n) is 9.14. The van der Waals surface area contributed by atoms with Crippen molar-refractivity contribution in [2.45, 2.75) is 19.9 Å². The summed E-state index contributed by atoms with van der Waals surface area (Å²) in [5.41, 5.74) is 2.84. The van der Waals surface area contributed by atoms with Crippen LogP contribution in [0.3, 0.4) is 0 Å². The van der Waals surface area contributed by atoms with Crippen molar-refractivity contribution in [2.24, 2.45) is 4.99 Å². The van der Waals surface area contributed by atoms with E-state index in [9.17, 15) is 9.59 Å². The normalized spacial score (nSPS) is 14.8. The third-order valence-electron chi connectivity index (χ3n) is 6.57. The summed E-state index contributed by atoms with van der Waals surface area (Å²) in [6.07, 6.45) is 1.79. The lowest BCUT2D eigenvalue weighted by Gasteiger charge is -2.25. The lowest BCUT2D eigenvalue weighted by atomic mass is 9.95. The fourth-order valence-electron chi connectivity index (χ4n) is 4.69. The Morgan fingerprint density at radius 3 is 2.49 bits per heavy atom. The minimum atomic E-state index is -0.690. The second-order valence-corrected chi connectivity index (χ2v) is 11.0. The molecule has 41 heavy (non-hydrogen) atoms. The molecule has 1 amide bonds. The molecule has 1 N–H and O–H groups in total. The van der Waals surface area contributed by atoms with E-state index in [1.165, 1.54) is 11.3 Å². The van der Waals surface area contributed by atoms with Gasteiger partial charge in [0.25, 0.3) is 11.5 Å². The van der Waals surface area contributed by atoms with Gasteiger partial charge in [-0.2, -0.15) is 0 Å². The SMILES string of the molecule is CCOc1c(Br)cc(/C=c2/sc3n(c2=O)[C@H](c2ccc(OC)cc2)C(C(=O)Nc2ccccc2)=C(C)N=3)cc1OC. The highest BCUT2D eigenvalue weighted by molar-refractivity contribution is 9.10. The summed E-state index contributed by atoms with van der Waals surface area (Å²) in [6, 6.07) is 19.6. The predicted molar refractivity (Wildman–Crippen MR) is 164 cm³/mol. The molecule has 1 aliphatic rings. The van der Waals surface area contributed by atoms with E-state index in [1.807, 2.05) is 73.7 Å². The lowest BCUT2D eigenvalue weighted by molar-refractivity contribution is -0.113. The van der Waals surface area contributed by atoms with Crippen LogP contribution in [0.15, 0.2) is 92.3 Å². The summed E-state index contributed by atoms with van der Waals surface area (Å²) in [5, 5.41) is 2.96. The number of halogens is 1. The van der Waals surface area contributed by atoms with Gasteiger partial charge in [-0.25, -0.2) is 4.99 Å². The number of nitrogens with zero attached hydrogens (tertiary/aromatic N) is 2. The topological polar surface area (TPSA) is 91.2 Å². The van der Waals surface area contributed by atoms with Gasteiger partial charge in [0.2, 0.25) is 0 Å². The van der Waals surface area contributed by atoms with Gasteiger partial charge in [0, 0.05) is 5.69 Å². The minimum absolute atomic E-state index is 0.254. The first-order valence-corrected chi connectivity index (χ1v) is 14.5. The van der Waals surface area contributed by atoms with Crippen molar-refractivity contribution in [3.8, 4) is 17.2 Å². The molecular formula is C31H28BrN3O5S. The van der Waals surface area contributed by atoms with Gasteiger partial charge in [0.05, 0.1) is 47.1 Å². The summed E-state index contributed by atoms with van der Waals surface area (Å²) in [6.45, 7) is 4.18. The quantitative estimate of drug-likeness (QED) is 0.293. The maximum atomic E-state index is 14.0. The lowest BCUT2D eigenvalue weighted by Crippen LogP contribution is -2.40. The van der Waals surface area contributed by atoms with Gasteiger partial charge in [-0.1, -0.05) is 41.7 Å². The summed E-state index contributed by atoms with van der Waals surface area (Å²) < 4.78 is 19.4.